The molecule has 2 aromatic rings. The van der Waals surface area contributed by atoms with E-state index in [0.29, 0.717) is 6.54 Å². The highest BCUT2D eigenvalue weighted by Gasteiger charge is 2.18. The van der Waals surface area contributed by atoms with Gasteiger partial charge < -0.3 is 4.90 Å². The van der Waals surface area contributed by atoms with Gasteiger partial charge in [-0.15, -0.1) is 0 Å². The lowest BCUT2D eigenvalue weighted by atomic mass is 9.97. The van der Waals surface area contributed by atoms with Gasteiger partial charge in [-0.3, -0.25) is 9.69 Å². The number of rotatable bonds is 4. The minimum atomic E-state index is 0.0419. The zero-order valence-corrected chi connectivity index (χ0v) is 14.5. The van der Waals surface area contributed by atoms with Gasteiger partial charge in [0.1, 0.15) is 12.1 Å². The smallest absolute Gasteiger partial charge is 0.267 e. The molecule has 1 saturated heterocycles. The lowest BCUT2D eigenvalue weighted by molar-refractivity contribution is 0.241. The molecule has 1 fully saturated rings. The van der Waals surface area contributed by atoms with E-state index < -0.39 is 0 Å². The van der Waals surface area contributed by atoms with Gasteiger partial charge in [0.15, 0.2) is 0 Å². The van der Waals surface area contributed by atoms with E-state index in [1.165, 1.54) is 12.8 Å². The molecule has 0 saturated carbocycles. The molecule has 0 radical (unpaired) electrons. The highest BCUT2D eigenvalue weighted by Crippen LogP contribution is 2.17. The summed E-state index contributed by atoms with van der Waals surface area (Å²) in [5.74, 6) is 0.988. The molecule has 0 amide bonds. The minimum Gasteiger partial charge on any atom is -0.354 e. The fourth-order valence-electron chi connectivity index (χ4n) is 3.67. The molecule has 0 atom stereocenters. The molecule has 0 aromatic carbocycles. The molecule has 7 nitrogen and oxygen atoms in total. The first-order chi connectivity index (χ1) is 12.3. The third kappa shape index (κ3) is 3.71. The first-order valence-corrected chi connectivity index (χ1v) is 9.13. The summed E-state index contributed by atoms with van der Waals surface area (Å²) in [4.78, 5) is 25.2. The number of hydrogen-bond donors (Lipinski definition) is 0. The van der Waals surface area contributed by atoms with Gasteiger partial charge in [0.05, 0.1) is 12.2 Å². The van der Waals surface area contributed by atoms with E-state index >= 15 is 0 Å². The van der Waals surface area contributed by atoms with Crippen LogP contribution in [0.4, 0.5) is 5.82 Å². The van der Waals surface area contributed by atoms with E-state index in [2.05, 4.69) is 24.9 Å². The maximum atomic E-state index is 12.3. The minimum absolute atomic E-state index is 0.0419. The number of anilines is 1. The summed E-state index contributed by atoms with van der Waals surface area (Å²) in [6.45, 7) is 5.38. The average molecular weight is 340 g/mol. The zero-order valence-electron chi connectivity index (χ0n) is 14.5. The summed E-state index contributed by atoms with van der Waals surface area (Å²) in [5.41, 5.74) is 2.32. The fraction of sp³-hybridized carbons (Fsp3) is 0.556. The van der Waals surface area contributed by atoms with Gasteiger partial charge in [-0.1, -0.05) is 0 Å². The lowest BCUT2D eigenvalue weighted by Gasteiger charge is -2.35. The molecule has 3 heterocycles. The van der Waals surface area contributed by atoms with Crippen molar-refractivity contribution in [3.63, 3.8) is 0 Å². The quantitative estimate of drug-likeness (QED) is 0.818. The van der Waals surface area contributed by atoms with E-state index in [9.17, 15) is 4.79 Å². The van der Waals surface area contributed by atoms with Gasteiger partial charge in [-0.05, 0) is 37.3 Å². The number of hydrogen-bond acceptors (Lipinski definition) is 6. The molecule has 132 valence electrons. The van der Waals surface area contributed by atoms with Crippen LogP contribution in [0, 0.1) is 0 Å². The first kappa shape index (κ1) is 16.2. The Bertz CT molecular complexity index is 767. The van der Waals surface area contributed by atoms with Crippen LogP contribution in [0.1, 0.15) is 24.1 Å². The summed E-state index contributed by atoms with van der Waals surface area (Å²) in [6.07, 6.45) is 7.74. The standard InChI is InChI=1S/C18H24N6O/c25-18-13-15-3-1-2-4-16(15)21-24(18)12-9-22-7-10-23(11-8-22)17-5-6-19-14-20-17/h5-6,13-14H,1-4,7-12H2. The van der Waals surface area contributed by atoms with Crippen LogP contribution >= 0.6 is 0 Å². The van der Waals surface area contributed by atoms with Crippen molar-refractivity contribution in [2.45, 2.75) is 32.2 Å². The Labute approximate surface area is 147 Å². The van der Waals surface area contributed by atoms with E-state index in [1.807, 2.05) is 6.07 Å². The Morgan fingerprint density at radius 1 is 1.04 bits per heavy atom. The summed E-state index contributed by atoms with van der Waals surface area (Å²) in [6, 6.07) is 3.75. The average Bonchev–Trinajstić information content (AvgIpc) is 2.67. The number of piperazine rings is 1. The molecule has 2 aromatic heterocycles. The van der Waals surface area contributed by atoms with Crippen LogP contribution in [-0.4, -0.2) is 57.4 Å². The SMILES string of the molecule is O=c1cc2c(nn1CCN1CCN(c3ccncn3)CC1)CCCC2. The monoisotopic (exact) mass is 340 g/mol. The normalized spacial score (nSPS) is 18.2. The second-order valence-corrected chi connectivity index (χ2v) is 6.78. The molecule has 1 aliphatic carbocycles. The molecule has 4 rings (SSSR count). The van der Waals surface area contributed by atoms with Crippen LogP contribution in [0.5, 0.6) is 0 Å². The molecule has 25 heavy (non-hydrogen) atoms. The van der Waals surface area contributed by atoms with Crippen molar-refractivity contribution in [2.24, 2.45) is 0 Å². The third-order valence-electron chi connectivity index (χ3n) is 5.16. The predicted molar refractivity (Wildman–Crippen MR) is 95.8 cm³/mol. The lowest BCUT2D eigenvalue weighted by Crippen LogP contribution is -2.48. The highest BCUT2D eigenvalue weighted by molar-refractivity contribution is 5.36. The number of nitrogens with zero attached hydrogens (tertiary/aromatic N) is 6. The number of fused-ring (bicyclic) bond motifs is 1. The van der Waals surface area contributed by atoms with Gasteiger partial charge in [-0.25, -0.2) is 14.6 Å². The van der Waals surface area contributed by atoms with Crippen LogP contribution in [0.3, 0.4) is 0 Å². The molecule has 0 N–H and O–H groups in total. The van der Waals surface area contributed by atoms with Crippen LogP contribution in [0.15, 0.2) is 29.5 Å². The molecule has 0 spiro atoms. The van der Waals surface area contributed by atoms with Crippen molar-refractivity contribution in [2.75, 3.05) is 37.6 Å². The Morgan fingerprint density at radius 3 is 2.68 bits per heavy atom. The Kier molecular flexibility index (Phi) is 4.74. The molecular weight excluding hydrogens is 316 g/mol. The molecule has 0 bridgehead atoms. The maximum Gasteiger partial charge on any atom is 0.267 e. The fourth-order valence-corrected chi connectivity index (χ4v) is 3.67. The topological polar surface area (TPSA) is 67.2 Å². The molecular formula is C18H24N6O. The summed E-state index contributed by atoms with van der Waals surface area (Å²) in [7, 11) is 0. The highest BCUT2D eigenvalue weighted by atomic mass is 16.1. The van der Waals surface area contributed by atoms with Gasteiger partial charge >= 0.3 is 0 Å². The van der Waals surface area contributed by atoms with Crippen molar-refractivity contribution < 1.29 is 0 Å². The number of aromatic nitrogens is 4. The van der Waals surface area contributed by atoms with E-state index in [1.54, 1.807) is 23.3 Å². The second kappa shape index (κ2) is 7.31. The van der Waals surface area contributed by atoms with E-state index in [0.717, 1.165) is 62.6 Å². The second-order valence-electron chi connectivity index (χ2n) is 6.78. The van der Waals surface area contributed by atoms with Crippen LogP contribution in [0.25, 0.3) is 0 Å². The van der Waals surface area contributed by atoms with Crippen molar-refractivity contribution in [1.82, 2.24) is 24.6 Å². The van der Waals surface area contributed by atoms with Gasteiger partial charge in [0.25, 0.3) is 5.56 Å². The van der Waals surface area contributed by atoms with Gasteiger partial charge in [-0.2, -0.15) is 5.10 Å². The van der Waals surface area contributed by atoms with E-state index in [4.69, 9.17) is 0 Å². The summed E-state index contributed by atoms with van der Waals surface area (Å²) >= 11 is 0. The van der Waals surface area contributed by atoms with Crippen molar-refractivity contribution in [3.8, 4) is 0 Å². The van der Waals surface area contributed by atoms with Crippen molar-refractivity contribution in [3.05, 3.63) is 46.3 Å². The van der Waals surface area contributed by atoms with E-state index in [-0.39, 0.29) is 5.56 Å². The van der Waals surface area contributed by atoms with Crippen LogP contribution in [-0.2, 0) is 19.4 Å². The molecule has 7 heteroatoms. The Hall–Kier alpha value is -2.28. The third-order valence-corrected chi connectivity index (χ3v) is 5.16. The molecule has 1 aliphatic heterocycles. The van der Waals surface area contributed by atoms with Crippen LogP contribution < -0.4 is 10.5 Å². The van der Waals surface area contributed by atoms with Crippen LogP contribution in [0.2, 0.25) is 0 Å². The predicted octanol–water partition coefficient (Wildman–Crippen LogP) is 0.734. The Morgan fingerprint density at radius 2 is 1.88 bits per heavy atom. The van der Waals surface area contributed by atoms with Crippen molar-refractivity contribution >= 4 is 5.82 Å². The largest absolute Gasteiger partial charge is 0.354 e. The molecule has 0 unspecified atom stereocenters. The molecule has 2 aliphatic rings. The van der Waals surface area contributed by atoms with Crippen molar-refractivity contribution in [1.29, 1.82) is 0 Å². The van der Waals surface area contributed by atoms with Gasteiger partial charge in [0, 0.05) is 45.0 Å². The first-order valence-electron chi connectivity index (χ1n) is 9.13. The Balaban J connectivity index is 1.33. The van der Waals surface area contributed by atoms with Gasteiger partial charge in [0.2, 0.25) is 0 Å². The summed E-state index contributed by atoms with van der Waals surface area (Å²) in [5, 5.41) is 4.61. The summed E-state index contributed by atoms with van der Waals surface area (Å²) < 4.78 is 1.65. The number of aryl methyl sites for hydroxylation is 2. The maximum absolute atomic E-state index is 12.3. The zero-order chi connectivity index (χ0) is 17.1.